The zero-order valence-electron chi connectivity index (χ0n) is 12.2. The van der Waals surface area contributed by atoms with Crippen molar-refractivity contribution in [1.82, 2.24) is 5.32 Å². The van der Waals surface area contributed by atoms with Gasteiger partial charge in [0.15, 0.2) is 5.11 Å². The Morgan fingerprint density at radius 3 is 2.61 bits per heavy atom. The van der Waals surface area contributed by atoms with Crippen LogP contribution in [-0.4, -0.2) is 17.1 Å². The maximum absolute atomic E-state index is 12.8. The lowest BCUT2D eigenvalue weighted by Gasteiger charge is -2.13. The third-order valence-electron chi connectivity index (χ3n) is 3.01. The Hall–Kier alpha value is -2.74. The van der Waals surface area contributed by atoms with Crippen LogP contribution in [0.15, 0.2) is 42.5 Å². The summed E-state index contributed by atoms with van der Waals surface area (Å²) in [5.41, 5.74) is 1.30. The van der Waals surface area contributed by atoms with E-state index < -0.39 is 4.92 Å². The first-order chi connectivity index (χ1) is 11.0. The van der Waals surface area contributed by atoms with E-state index in [2.05, 4.69) is 10.6 Å². The summed E-state index contributed by atoms with van der Waals surface area (Å²) in [6.07, 6.45) is 0. The molecule has 2 aromatic rings. The van der Waals surface area contributed by atoms with E-state index in [0.717, 1.165) is 5.56 Å². The highest BCUT2D eigenvalue weighted by Crippen LogP contribution is 2.28. The predicted molar refractivity (Wildman–Crippen MR) is 89.1 cm³/mol. The summed E-state index contributed by atoms with van der Waals surface area (Å²) in [7, 11) is 1.42. The minimum absolute atomic E-state index is 0.0717. The number of nitrogens with one attached hydrogen (secondary N) is 2. The van der Waals surface area contributed by atoms with Crippen molar-refractivity contribution in [1.29, 1.82) is 0 Å². The molecule has 0 unspecified atom stereocenters. The fourth-order valence-electron chi connectivity index (χ4n) is 1.85. The van der Waals surface area contributed by atoms with Crippen LogP contribution in [0.1, 0.15) is 5.56 Å². The molecule has 0 aliphatic rings. The Labute approximate surface area is 137 Å². The number of nitro groups is 1. The third kappa shape index (κ3) is 4.62. The van der Waals surface area contributed by atoms with Gasteiger partial charge in [0.05, 0.1) is 23.8 Å². The van der Waals surface area contributed by atoms with E-state index in [-0.39, 0.29) is 11.5 Å². The van der Waals surface area contributed by atoms with Gasteiger partial charge in [0.25, 0.3) is 5.69 Å². The third-order valence-corrected chi connectivity index (χ3v) is 3.26. The highest BCUT2D eigenvalue weighted by Gasteiger charge is 2.12. The Balaban J connectivity index is 1.99. The lowest BCUT2D eigenvalue weighted by molar-refractivity contribution is -0.384. The first-order valence-corrected chi connectivity index (χ1v) is 7.02. The molecule has 0 bridgehead atoms. The number of benzene rings is 2. The van der Waals surface area contributed by atoms with Crippen LogP contribution in [0.3, 0.4) is 0 Å². The maximum atomic E-state index is 12.8. The van der Waals surface area contributed by atoms with E-state index in [9.17, 15) is 14.5 Å². The number of ether oxygens (including phenoxy) is 1. The molecule has 0 spiro atoms. The molecule has 0 fully saturated rings. The number of non-ortho nitro benzene ring substituents is 1. The number of methoxy groups -OCH3 is 1. The smallest absolute Gasteiger partial charge is 0.273 e. The summed E-state index contributed by atoms with van der Waals surface area (Å²) in [4.78, 5) is 10.2. The number of hydrogen-bond donors (Lipinski definition) is 2. The van der Waals surface area contributed by atoms with Crippen molar-refractivity contribution in [3.63, 3.8) is 0 Å². The largest absolute Gasteiger partial charge is 0.494 e. The molecule has 8 heteroatoms. The van der Waals surface area contributed by atoms with Gasteiger partial charge in [-0.3, -0.25) is 10.1 Å². The molecule has 0 saturated carbocycles. The van der Waals surface area contributed by atoms with Crippen molar-refractivity contribution in [2.45, 2.75) is 6.54 Å². The van der Waals surface area contributed by atoms with Gasteiger partial charge in [0.1, 0.15) is 11.6 Å². The highest BCUT2D eigenvalue weighted by atomic mass is 32.1. The van der Waals surface area contributed by atoms with Crippen molar-refractivity contribution in [2.24, 2.45) is 0 Å². The number of thiocarbonyl (C=S) groups is 1. The zero-order chi connectivity index (χ0) is 16.8. The molecular weight excluding hydrogens is 321 g/mol. The Bertz CT molecular complexity index is 722. The first kappa shape index (κ1) is 16.6. The van der Waals surface area contributed by atoms with Crippen LogP contribution in [0.25, 0.3) is 0 Å². The van der Waals surface area contributed by atoms with Gasteiger partial charge in [-0.25, -0.2) is 4.39 Å². The molecule has 23 heavy (non-hydrogen) atoms. The summed E-state index contributed by atoms with van der Waals surface area (Å²) in [5, 5.41) is 16.9. The summed E-state index contributed by atoms with van der Waals surface area (Å²) in [5.74, 6) is 0.00944. The van der Waals surface area contributed by atoms with Crippen molar-refractivity contribution < 1.29 is 14.1 Å². The highest BCUT2D eigenvalue weighted by molar-refractivity contribution is 7.80. The van der Waals surface area contributed by atoms with Crippen LogP contribution in [-0.2, 0) is 6.54 Å². The van der Waals surface area contributed by atoms with E-state index >= 15 is 0 Å². The van der Waals surface area contributed by atoms with Gasteiger partial charge in [-0.15, -0.1) is 0 Å². The number of rotatable bonds is 5. The molecule has 2 aromatic carbocycles. The van der Waals surface area contributed by atoms with Crippen LogP contribution < -0.4 is 15.4 Å². The molecule has 0 saturated heterocycles. The lowest BCUT2D eigenvalue weighted by atomic mass is 10.2. The number of halogens is 1. The van der Waals surface area contributed by atoms with Gasteiger partial charge in [-0.1, -0.05) is 12.1 Å². The minimum atomic E-state index is -0.503. The van der Waals surface area contributed by atoms with Crippen LogP contribution in [0, 0.1) is 15.9 Å². The molecule has 2 rings (SSSR count). The fraction of sp³-hybridized carbons (Fsp3) is 0.133. The van der Waals surface area contributed by atoms with Crippen molar-refractivity contribution >= 4 is 28.7 Å². The predicted octanol–water partition coefficient (Wildman–Crippen LogP) is 3.23. The monoisotopic (exact) mass is 335 g/mol. The topological polar surface area (TPSA) is 76.4 Å². The fourth-order valence-corrected chi connectivity index (χ4v) is 2.03. The van der Waals surface area contributed by atoms with E-state index in [4.69, 9.17) is 17.0 Å². The van der Waals surface area contributed by atoms with Crippen molar-refractivity contribution in [3.05, 3.63) is 64.0 Å². The van der Waals surface area contributed by atoms with Gasteiger partial charge in [-0.05, 0) is 36.0 Å². The van der Waals surface area contributed by atoms with Gasteiger partial charge >= 0.3 is 0 Å². The average Bonchev–Trinajstić information content (AvgIpc) is 2.54. The normalized spacial score (nSPS) is 10.0. The lowest BCUT2D eigenvalue weighted by Crippen LogP contribution is -2.28. The van der Waals surface area contributed by atoms with E-state index in [1.165, 1.54) is 37.4 Å². The minimum Gasteiger partial charge on any atom is -0.494 e. The van der Waals surface area contributed by atoms with Gasteiger partial charge in [-0.2, -0.15) is 0 Å². The molecule has 0 atom stereocenters. The first-order valence-electron chi connectivity index (χ1n) is 6.61. The van der Waals surface area contributed by atoms with Gasteiger partial charge < -0.3 is 15.4 Å². The zero-order valence-corrected chi connectivity index (χ0v) is 13.0. The molecular formula is C15H14FN3O3S. The second-order valence-electron chi connectivity index (χ2n) is 4.58. The number of hydrogen-bond acceptors (Lipinski definition) is 4. The van der Waals surface area contributed by atoms with E-state index in [1.54, 1.807) is 12.1 Å². The SMILES string of the molecule is COc1cc([N+](=O)[O-])ccc1NC(=S)NCc1ccc(F)cc1. The Morgan fingerprint density at radius 1 is 1.30 bits per heavy atom. The van der Waals surface area contributed by atoms with Crippen LogP contribution >= 0.6 is 12.2 Å². The standard InChI is InChI=1S/C15H14FN3O3S/c1-22-14-8-12(19(20)21)6-7-13(14)18-15(23)17-9-10-2-4-11(16)5-3-10/h2-8H,9H2,1H3,(H2,17,18,23). The summed E-state index contributed by atoms with van der Waals surface area (Å²) in [6, 6.07) is 10.2. The second-order valence-corrected chi connectivity index (χ2v) is 4.98. The average molecular weight is 335 g/mol. The molecule has 6 nitrogen and oxygen atoms in total. The number of nitro benzene ring substituents is 1. The molecule has 0 aliphatic heterocycles. The van der Waals surface area contributed by atoms with Crippen molar-refractivity contribution in [3.8, 4) is 5.75 Å². The van der Waals surface area contributed by atoms with E-state index in [0.29, 0.717) is 23.1 Å². The molecule has 120 valence electrons. The molecule has 0 heterocycles. The second kappa shape index (κ2) is 7.50. The summed E-state index contributed by atoms with van der Waals surface area (Å²) >= 11 is 5.17. The number of anilines is 1. The van der Waals surface area contributed by atoms with Gasteiger partial charge in [0.2, 0.25) is 0 Å². The molecule has 0 aliphatic carbocycles. The van der Waals surface area contributed by atoms with Crippen LogP contribution in [0.4, 0.5) is 15.8 Å². The Kier molecular flexibility index (Phi) is 5.42. The van der Waals surface area contributed by atoms with Crippen LogP contribution in [0.2, 0.25) is 0 Å². The number of nitrogens with zero attached hydrogens (tertiary/aromatic N) is 1. The molecule has 2 N–H and O–H groups in total. The molecule has 0 amide bonds. The van der Waals surface area contributed by atoms with E-state index in [1.807, 2.05) is 0 Å². The summed E-state index contributed by atoms with van der Waals surface area (Å²) in [6.45, 7) is 0.418. The van der Waals surface area contributed by atoms with Crippen LogP contribution in [0.5, 0.6) is 5.75 Å². The maximum Gasteiger partial charge on any atom is 0.273 e. The summed E-state index contributed by atoms with van der Waals surface area (Å²) < 4.78 is 17.9. The van der Waals surface area contributed by atoms with Crippen molar-refractivity contribution in [2.75, 3.05) is 12.4 Å². The molecule has 0 radical (unpaired) electrons. The quantitative estimate of drug-likeness (QED) is 0.496. The van der Waals surface area contributed by atoms with Gasteiger partial charge in [0, 0.05) is 12.6 Å². The molecule has 0 aromatic heterocycles. The Morgan fingerprint density at radius 2 is 2.00 bits per heavy atom.